The Hall–Kier alpha value is -4.29. The molecule has 0 spiro atoms. The van der Waals surface area contributed by atoms with Gasteiger partial charge in [0.15, 0.2) is 11.6 Å². The van der Waals surface area contributed by atoms with Gasteiger partial charge in [0.2, 0.25) is 5.91 Å². The maximum Gasteiger partial charge on any atom is 0.310 e. The number of halogens is 3. The summed E-state index contributed by atoms with van der Waals surface area (Å²) in [6.45, 7) is 4.69. The van der Waals surface area contributed by atoms with Crippen molar-refractivity contribution in [3.63, 3.8) is 0 Å². The van der Waals surface area contributed by atoms with Gasteiger partial charge in [0.05, 0.1) is 34.0 Å². The summed E-state index contributed by atoms with van der Waals surface area (Å²) in [4.78, 5) is 31.6. The molecule has 10 nitrogen and oxygen atoms in total. The van der Waals surface area contributed by atoms with Gasteiger partial charge in [0.25, 0.3) is 0 Å². The molecule has 0 unspecified atom stereocenters. The Labute approximate surface area is 288 Å². The van der Waals surface area contributed by atoms with Crippen LogP contribution in [-0.2, 0) is 22.7 Å². The van der Waals surface area contributed by atoms with Gasteiger partial charge in [0.1, 0.15) is 5.75 Å². The minimum Gasteiger partial charge on any atom is -0.496 e. The van der Waals surface area contributed by atoms with Gasteiger partial charge in [-0.15, -0.1) is 0 Å². The van der Waals surface area contributed by atoms with Crippen molar-refractivity contribution in [3.05, 3.63) is 87.9 Å². The van der Waals surface area contributed by atoms with Crippen LogP contribution in [-0.4, -0.2) is 53.2 Å². The predicted octanol–water partition coefficient (Wildman–Crippen LogP) is 6.58. The topological polar surface area (TPSA) is 138 Å². The summed E-state index contributed by atoms with van der Waals surface area (Å²) in [5.74, 6) is -0.803. The van der Waals surface area contributed by atoms with E-state index in [0.717, 1.165) is 17.5 Å². The smallest absolute Gasteiger partial charge is 0.310 e. The van der Waals surface area contributed by atoms with Gasteiger partial charge in [-0.05, 0) is 44.5 Å². The Bertz CT molecular complexity index is 1820. The first-order chi connectivity index (χ1) is 23.0. The van der Waals surface area contributed by atoms with Crippen LogP contribution in [0, 0.1) is 11.2 Å². The van der Waals surface area contributed by atoms with Gasteiger partial charge in [0, 0.05) is 78.9 Å². The number of aliphatic carboxylic acids is 1. The molecule has 5 rings (SSSR count). The Kier molecular flexibility index (Phi) is 11.2. The van der Waals surface area contributed by atoms with Gasteiger partial charge in [-0.25, -0.2) is 9.37 Å². The Morgan fingerprint density at radius 2 is 1.79 bits per heavy atom. The quantitative estimate of drug-likeness (QED) is 0.0991. The number of benzene rings is 2. The van der Waals surface area contributed by atoms with E-state index in [1.807, 2.05) is 24.3 Å². The third-order valence-electron chi connectivity index (χ3n) is 8.21. The average molecular weight is 696 g/mol. The van der Waals surface area contributed by atoms with Crippen molar-refractivity contribution in [1.82, 2.24) is 25.9 Å². The van der Waals surface area contributed by atoms with Crippen LogP contribution in [0.3, 0.4) is 0 Å². The molecule has 5 N–H and O–H groups in total. The van der Waals surface area contributed by atoms with Crippen molar-refractivity contribution in [2.24, 2.45) is 5.41 Å². The van der Waals surface area contributed by atoms with E-state index in [-0.39, 0.29) is 30.9 Å². The zero-order valence-corrected chi connectivity index (χ0v) is 28.3. The van der Waals surface area contributed by atoms with Crippen molar-refractivity contribution in [1.29, 1.82) is 0 Å². The highest BCUT2D eigenvalue weighted by atomic mass is 35.5. The molecular weight excluding hydrogens is 658 g/mol. The number of carbonyl (C=O) groups excluding carboxylic acids is 1. The molecule has 0 radical (unpaired) electrons. The number of hydrogen-bond acceptors (Lipinski definition) is 8. The summed E-state index contributed by atoms with van der Waals surface area (Å²) in [7, 11) is 1.60. The monoisotopic (exact) mass is 694 g/mol. The van der Waals surface area contributed by atoms with Crippen LogP contribution in [0.25, 0.3) is 22.4 Å². The van der Waals surface area contributed by atoms with Crippen molar-refractivity contribution >= 4 is 46.6 Å². The lowest BCUT2D eigenvalue weighted by atomic mass is 9.94. The molecule has 13 heteroatoms. The van der Waals surface area contributed by atoms with Gasteiger partial charge in [-0.3, -0.25) is 14.6 Å². The molecule has 1 amide bonds. The second-order valence-corrected chi connectivity index (χ2v) is 13.0. The summed E-state index contributed by atoms with van der Waals surface area (Å²) < 4.78 is 21.1. The molecule has 0 saturated carbocycles. The summed E-state index contributed by atoms with van der Waals surface area (Å²) in [6, 6.07) is 14.5. The van der Waals surface area contributed by atoms with Crippen LogP contribution >= 0.6 is 23.2 Å². The van der Waals surface area contributed by atoms with Gasteiger partial charge in [-0.2, -0.15) is 0 Å². The first-order valence-corrected chi connectivity index (χ1v) is 16.2. The maximum atomic E-state index is 15.5. The average Bonchev–Trinajstić information content (AvgIpc) is 3.48. The second-order valence-electron chi connectivity index (χ2n) is 12.2. The number of carboxylic acids is 1. The number of methoxy groups -OCH3 is 1. The van der Waals surface area contributed by atoms with Crippen LogP contribution < -0.4 is 26.0 Å². The molecule has 3 heterocycles. The molecule has 1 fully saturated rings. The molecule has 0 aliphatic carbocycles. The number of hydrogen-bond donors (Lipinski definition) is 5. The number of carbonyl (C=O) groups is 2. The fraction of sp³-hybridized carbons (Fsp3) is 0.314. The zero-order chi connectivity index (χ0) is 34.4. The number of anilines is 2. The van der Waals surface area contributed by atoms with E-state index in [2.05, 4.69) is 31.2 Å². The molecule has 48 heavy (non-hydrogen) atoms. The van der Waals surface area contributed by atoms with E-state index >= 15 is 4.39 Å². The highest BCUT2D eigenvalue weighted by Crippen LogP contribution is 2.42. The predicted molar refractivity (Wildman–Crippen MR) is 185 cm³/mol. The summed E-state index contributed by atoms with van der Waals surface area (Å²) >= 11 is 13.8. The molecule has 1 aliphatic rings. The van der Waals surface area contributed by atoms with Crippen LogP contribution in [0.1, 0.15) is 37.8 Å². The number of nitrogens with zero attached hydrogens (tertiary/aromatic N) is 2. The summed E-state index contributed by atoms with van der Waals surface area (Å²) in [5.41, 5.74) is 3.21. The van der Waals surface area contributed by atoms with E-state index in [1.54, 1.807) is 45.4 Å². The van der Waals surface area contributed by atoms with Crippen LogP contribution in [0.5, 0.6) is 5.75 Å². The SMILES string of the molecule is COc1cc(-c2nccc(-c3cccc(Nc4nccc(CNCC(C)(C)C(=O)O)c4F)c3Cl)c2Cl)ccc1CNC[C@H]1CCC(=O)N1. The lowest BCUT2D eigenvalue weighted by Crippen LogP contribution is -2.35. The number of aromatic nitrogens is 2. The van der Waals surface area contributed by atoms with Crippen LogP contribution in [0.2, 0.25) is 10.0 Å². The maximum absolute atomic E-state index is 15.5. The molecule has 1 aliphatic heterocycles. The highest BCUT2D eigenvalue weighted by molar-refractivity contribution is 6.39. The van der Waals surface area contributed by atoms with Gasteiger partial charge in [-0.1, -0.05) is 47.5 Å². The molecule has 252 valence electrons. The number of pyridine rings is 2. The fourth-order valence-electron chi connectivity index (χ4n) is 5.36. The van der Waals surface area contributed by atoms with E-state index < -0.39 is 17.2 Å². The lowest BCUT2D eigenvalue weighted by Gasteiger charge is -2.20. The Morgan fingerprint density at radius 1 is 1.04 bits per heavy atom. The number of ether oxygens (including phenoxy) is 1. The molecule has 2 aromatic heterocycles. The molecule has 0 bridgehead atoms. The third-order valence-corrected chi connectivity index (χ3v) is 9.00. The van der Waals surface area contributed by atoms with Crippen LogP contribution in [0.15, 0.2) is 60.9 Å². The molecule has 1 saturated heterocycles. The number of carboxylic acid groups (broad SMARTS) is 1. The molecule has 2 aromatic carbocycles. The number of nitrogens with one attached hydrogen (secondary N) is 4. The minimum atomic E-state index is -1.00. The van der Waals surface area contributed by atoms with Crippen molar-refractivity contribution in [2.45, 2.75) is 45.8 Å². The van der Waals surface area contributed by atoms with E-state index in [1.165, 1.54) is 12.3 Å². The third kappa shape index (κ3) is 8.04. The van der Waals surface area contributed by atoms with Crippen molar-refractivity contribution in [2.75, 3.05) is 25.5 Å². The number of rotatable bonds is 14. The van der Waals surface area contributed by atoms with Crippen molar-refractivity contribution < 1.29 is 23.8 Å². The largest absolute Gasteiger partial charge is 0.496 e. The lowest BCUT2D eigenvalue weighted by molar-refractivity contribution is -0.146. The molecule has 4 aromatic rings. The molecule has 1 atom stereocenters. The van der Waals surface area contributed by atoms with E-state index in [0.29, 0.717) is 63.4 Å². The van der Waals surface area contributed by atoms with Gasteiger partial charge >= 0.3 is 5.97 Å². The Morgan fingerprint density at radius 3 is 2.52 bits per heavy atom. The molecular formula is C35H37Cl2FN6O4. The fourth-order valence-corrected chi connectivity index (χ4v) is 5.96. The van der Waals surface area contributed by atoms with Gasteiger partial charge < -0.3 is 31.1 Å². The van der Waals surface area contributed by atoms with Crippen molar-refractivity contribution in [3.8, 4) is 28.1 Å². The van der Waals surface area contributed by atoms with E-state index in [9.17, 15) is 14.7 Å². The standard InChI is InChI=1S/C35H37Cl2FN6O4/c1-35(2,34(46)47)19-40-17-22-11-13-42-33(31(22)38)44-26-6-4-5-24(29(26)36)25-12-14-41-32(30(25)37)20-7-8-21(27(15-20)48-3)16-39-18-23-9-10-28(45)43-23/h4-8,11-15,23,39-40H,9-10,16-19H2,1-3H3,(H,42,44)(H,43,45)(H,46,47)/t23-/m1/s1. The summed E-state index contributed by atoms with van der Waals surface area (Å²) in [6.07, 6.45) is 4.50. The van der Waals surface area contributed by atoms with Crippen LogP contribution in [0.4, 0.5) is 15.9 Å². The first-order valence-electron chi connectivity index (χ1n) is 15.4. The van der Waals surface area contributed by atoms with E-state index in [4.69, 9.17) is 27.9 Å². The Balaban J connectivity index is 1.34. The number of amides is 1. The normalized spacial score (nSPS) is 14.5. The first kappa shape index (κ1) is 35.0. The summed E-state index contributed by atoms with van der Waals surface area (Å²) in [5, 5.41) is 22.4. The highest BCUT2D eigenvalue weighted by Gasteiger charge is 2.27. The minimum absolute atomic E-state index is 0.0259. The second kappa shape index (κ2) is 15.3. The zero-order valence-electron chi connectivity index (χ0n) is 26.8.